The lowest BCUT2D eigenvalue weighted by molar-refractivity contribution is 0.207. The molecule has 0 unspecified atom stereocenters. The molecular formula is C15H20N2O. The Hall–Kier alpha value is -1.32. The number of hydrogen-bond acceptors (Lipinski definition) is 3. The first kappa shape index (κ1) is 11.8. The molecule has 0 radical (unpaired) electrons. The fraction of sp³-hybridized carbons (Fsp3) is 0.467. The van der Waals surface area contributed by atoms with Crippen LogP contribution in [-0.4, -0.2) is 18.0 Å². The zero-order chi connectivity index (χ0) is 12.4. The van der Waals surface area contributed by atoms with Crippen LogP contribution in [0.5, 0.6) is 0 Å². The summed E-state index contributed by atoms with van der Waals surface area (Å²) >= 11 is 0. The van der Waals surface area contributed by atoms with Crippen molar-refractivity contribution in [2.45, 2.75) is 32.4 Å². The van der Waals surface area contributed by atoms with Gasteiger partial charge in [0.25, 0.3) is 0 Å². The van der Waals surface area contributed by atoms with Crippen molar-refractivity contribution in [3.05, 3.63) is 35.6 Å². The van der Waals surface area contributed by atoms with Crippen LogP contribution in [0, 0.1) is 0 Å². The normalized spacial score (nSPS) is 17.4. The van der Waals surface area contributed by atoms with Crippen molar-refractivity contribution in [3.63, 3.8) is 0 Å². The van der Waals surface area contributed by atoms with E-state index in [4.69, 9.17) is 10.2 Å². The van der Waals surface area contributed by atoms with E-state index >= 15 is 0 Å². The number of hydrogen-bond donors (Lipinski definition) is 1. The van der Waals surface area contributed by atoms with Gasteiger partial charge in [-0.25, -0.2) is 0 Å². The second-order valence-electron chi connectivity index (χ2n) is 5.13. The molecule has 1 aromatic carbocycles. The fourth-order valence-corrected chi connectivity index (χ4v) is 2.69. The maximum Gasteiger partial charge on any atom is 0.134 e. The number of nitrogens with zero attached hydrogens (tertiary/aromatic N) is 1. The predicted molar refractivity (Wildman–Crippen MR) is 73.2 cm³/mol. The summed E-state index contributed by atoms with van der Waals surface area (Å²) in [6, 6.07) is 8.34. The van der Waals surface area contributed by atoms with E-state index in [1.807, 2.05) is 12.1 Å². The minimum atomic E-state index is 0.586. The van der Waals surface area contributed by atoms with Crippen molar-refractivity contribution in [1.82, 2.24) is 4.90 Å². The Bertz CT molecular complexity index is 526. The van der Waals surface area contributed by atoms with Crippen LogP contribution in [0.15, 0.2) is 28.7 Å². The Morgan fingerprint density at radius 2 is 1.94 bits per heavy atom. The van der Waals surface area contributed by atoms with Crippen molar-refractivity contribution in [1.29, 1.82) is 0 Å². The number of furan rings is 1. The zero-order valence-electron chi connectivity index (χ0n) is 10.7. The van der Waals surface area contributed by atoms with Gasteiger partial charge in [0.05, 0.1) is 6.54 Å². The lowest BCUT2D eigenvalue weighted by atomic mass is 10.1. The molecule has 2 aromatic rings. The van der Waals surface area contributed by atoms with Crippen LogP contribution in [0.2, 0.25) is 0 Å². The van der Waals surface area contributed by atoms with E-state index in [1.165, 1.54) is 37.7 Å². The average molecular weight is 244 g/mol. The first-order valence-electron chi connectivity index (χ1n) is 6.79. The second-order valence-corrected chi connectivity index (χ2v) is 5.13. The van der Waals surface area contributed by atoms with E-state index < -0.39 is 0 Å². The topological polar surface area (TPSA) is 42.4 Å². The van der Waals surface area contributed by atoms with Gasteiger partial charge in [0.15, 0.2) is 0 Å². The summed E-state index contributed by atoms with van der Waals surface area (Å²) in [5.74, 6) is 1.07. The van der Waals surface area contributed by atoms with Gasteiger partial charge in [0, 0.05) is 11.9 Å². The van der Waals surface area contributed by atoms with E-state index in [9.17, 15) is 0 Å². The molecule has 1 aliphatic heterocycles. The van der Waals surface area contributed by atoms with Crippen molar-refractivity contribution in [2.24, 2.45) is 5.73 Å². The molecule has 3 heteroatoms. The molecule has 18 heavy (non-hydrogen) atoms. The molecule has 3 nitrogen and oxygen atoms in total. The van der Waals surface area contributed by atoms with Gasteiger partial charge in [-0.1, -0.05) is 12.5 Å². The van der Waals surface area contributed by atoms with E-state index in [0.717, 1.165) is 23.5 Å². The number of rotatable bonds is 3. The summed E-state index contributed by atoms with van der Waals surface area (Å²) in [6.45, 7) is 3.92. The average Bonchev–Trinajstić information content (AvgIpc) is 2.80. The number of nitrogens with two attached hydrogens (primary N) is 1. The van der Waals surface area contributed by atoms with Gasteiger partial charge in [-0.15, -0.1) is 0 Å². The van der Waals surface area contributed by atoms with Gasteiger partial charge in [0.1, 0.15) is 11.3 Å². The summed E-state index contributed by atoms with van der Waals surface area (Å²) in [4.78, 5) is 2.48. The number of benzene rings is 1. The highest BCUT2D eigenvalue weighted by Gasteiger charge is 2.13. The Labute approximate surface area is 108 Å². The van der Waals surface area contributed by atoms with Crippen molar-refractivity contribution < 1.29 is 4.42 Å². The SMILES string of the molecule is NCc1ccc2oc(CN3CCCCC3)cc2c1. The maximum absolute atomic E-state index is 5.89. The van der Waals surface area contributed by atoms with Crippen LogP contribution in [0.4, 0.5) is 0 Å². The molecule has 3 rings (SSSR count). The molecule has 0 bridgehead atoms. The predicted octanol–water partition coefficient (Wildman–Crippen LogP) is 2.88. The van der Waals surface area contributed by atoms with Crippen LogP contribution in [-0.2, 0) is 13.1 Å². The smallest absolute Gasteiger partial charge is 0.134 e. The summed E-state index contributed by atoms with van der Waals surface area (Å²) in [5.41, 5.74) is 7.79. The fourth-order valence-electron chi connectivity index (χ4n) is 2.69. The van der Waals surface area contributed by atoms with Gasteiger partial charge in [-0.2, -0.15) is 0 Å². The molecule has 2 heterocycles. The third-order valence-corrected chi connectivity index (χ3v) is 3.70. The first-order chi connectivity index (χ1) is 8.85. The molecule has 0 aliphatic carbocycles. The lowest BCUT2D eigenvalue weighted by Gasteiger charge is -2.25. The third-order valence-electron chi connectivity index (χ3n) is 3.70. The molecule has 1 saturated heterocycles. The third kappa shape index (κ3) is 2.42. The monoisotopic (exact) mass is 244 g/mol. The maximum atomic E-state index is 5.89. The minimum absolute atomic E-state index is 0.586. The number of likely N-dealkylation sites (tertiary alicyclic amines) is 1. The Balaban J connectivity index is 1.79. The number of fused-ring (bicyclic) bond motifs is 1. The van der Waals surface area contributed by atoms with Gasteiger partial charge in [-0.3, -0.25) is 4.90 Å². The second kappa shape index (κ2) is 5.12. The highest BCUT2D eigenvalue weighted by atomic mass is 16.3. The molecule has 1 aromatic heterocycles. The standard InChI is InChI=1S/C15H20N2O/c16-10-12-4-5-15-13(8-12)9-14(18-15)11-17-6-2-1-3-7-17/h4-5,8-9H,1-3,6-7,10-11,16H2. The van der Waals surface area contributed by atoms with Gasteiger partial charge in [0.2, 0.25) is 0 Å². The molecule has 0 amide bonds. The van der Waals surface area contributed by atoms with Crippen molar-refractivity contribution in [2.75, 3.05) is 13.1 Å². The summed E-state index contributed by atoms with van der Waals surface area (Å²) < 4.78 is 5.89. The number of piperidine rings is 1. The molecule has 0 atom stereocenters. The van der Waals surface area contributed by atoms with Crippen molar-refractivity contribution in [3.8, 4) is 0 Å². The van der Waals surface area contributed by atoms with Crippen molar-refractivity contribution >= 4 is 11.0 Å². The molecule has 1 aliphatic rings. The van der Waals surface area contributed by atoms with E-state index in [1.54, 1.807) is 0 Å². The van der Waals surface area contributed by atoms with Gasteiger partial charge in [-0.05, 0) is 49.7 Å². The van der Waals surface area contributed by atoms with Crippen LogP contribution >= 0.6 is 0 Å². The molecule has 0 spiro atoms. The highest BCUT2D eigenvalue weighted by Crippen LogP contribution is 2.22. The van der Waals surface area contributed by atoms with Crippen LogP contribution in [0.1, 0.15) is 30.6 Å². The summed E-state index contributed by atoms with van der Waals surface area (Å²) in [6.07, 6.45) is 4.01. The van der Waals surface area contributed by atoms with Gasteiger partial charge >= 0.3 is 0 Å². The highest BCUT2D eigenvalue weighted by molar-refractivity contribution is 5.78. The quantitative estimate of drug-likeness (QED) is 0.902. The Kier molecular flexibility index (Phi) is 3.35. The van der Waals surface area contributed by atoms with E-state index in [0.29, 0.717) is 6.54 Å². The Morgan fingerprint density at radius 3 is 2.72 bits per heavy atom. The zero-order valence-corrected chi connectivity index (χ0v) is 10.7. The Morgan fingerprint density at radius 1 is 1.11 bits per heavy atom. The summed E-state index contributed by atoms with van der Waals surface area (Å²) in [7, 11) is 0. The van der Waals surface area contributed by atoms with Crippen LogP contribution in [0.25, 0.3) is 11.0 Å². The van der Waals surface area contributed by atoms with Gasteiger partial charge < -0.3 is 10.2 Å². The summed E-state index contributed by atoms with van der Waals surface area (Å²) in [5, 5.41) is 1.17. The van der Waals surface area contributed by atoms with E-state index in [2.05, 4.69) is 17.0 Å². The molecule has 1 fully saturated rings. The molecule has 2 N–H and O–H groups in total. The molecule has 96 valence electrons. The largest absolute Gasteiger partial charge is 0.460 e. The molecular weight excluding hydrogens is 224 g/mol. The van der Waals surface area contributed by atoms with Crippen LogP contribution < -0.4 is 5.73 Å². The minimum Gasteiger partial charge on any atom is -0.460 e. The van der Waals surface area contributed by atoms with Crippen LogP contribution in [0.3, 0.4) is 0 Å². The molecule has 0 saturated carbocycles. The first-order valence-corrected chi connectivity index (χ1v) is 6.79. The van der Waals surface area contributed by atoms with E-state index in [-0.39, 0.29) is 0 Å². The lowest BCUT2D eigenvalue weighted by Crippen LogP contribution is -2.28.